The van der Waals surface area contributed by atoms with Crippen LogP contribution in [-0.4, -0.2) is 11.1 Å². The fourth-order valence-electron chi connectivity index (χ4n) is 1.89. The van der Waals surface area contributed by atoms with E-state index in [2.05, 4.69) is 5.32 Å². The predicted octanol–water partition coefficient (Wildman–Crippen LogP) is 3.49. The molecule has 94 valence electrons. The maximum atomic E-state index is 11.9. The molecule has 0 radical (unpaired) electrons. The average Bonchev–Trinajstić information content (AvgIpc) is 3.03. The van der Waals surface area contributed by atoms with Crippen molar-refractivity contribution >= 4 is 39.8 Å². The van der Waals surface area contributed by atoms with E-state index in [0.29, 0.717) is 4.91 Å². The molecule has 1 aromatic heterocycles. The minimum Gasteiger partial charge on any atom is -0.282 e. The van der Waals surface area contributed by atoms with Crippen LogP contribution in [0.4, 0.5) is 4.79 Å². The molecule has 1 aromatic carbocycles. The second-order valence-electron chi connectivity index (χ2n) is 3.89. The first-order chi connectivity index (χ1) is 9.25. The molecule has 0 unspecified atom stereocenters. The summed E-state index contributed by atoms with van der Waals surface area (Å²) in [7, 11) is 0. The van der Waals surface area contributed by atoms with E-state index < -0.39 is 0 Å². The van der Waals surface area contributed by atoms with Crippen molar-refractivity contribution in [1.29, 1.82) is 0 Å². The Balaban J connectivity index is 2.21. The fourth-order valence-corrected chi connectivity index (χ4v) is 3.56. The summed E-state index contributed by atoms with van der Waals surface area (Å²) < 4.78 is 0. The van der Waals surface area contributed by atoms with Gasteiger partial charge in [0.05, 0.1) is 4.91 Å². The van der Waals surface area contributed by atoms with Crippen molar-refractivity contribution < 1.29 is 9.59 Å². The van der Waals surface area contributed by atoms with E-state index in [1.165, 1.54) is 0 Å². The number of benzene rings is 1. The Kier molecular flexibility index (Phi) is 3.23. The third-order valence-electron chi connectivity index (χ3n) is 2.67. The Labute approximate surface area is 118 Å². The number of carbonyl (C=O) groups excluding carboxylic acids is 2. The number of hydrogen-bond donors (Lipinski definition) is 1. The van der Waals surface area contributed by atoms with Crippen molar-refractivity contribution in [2.24, 2.45) is 0 Å². The van der Waals surface area contributed by atoms with Crippen LogP contribution in [0.3, 0.4) is 0 Å². The van der Waals surface area contributed by atoms with Gasteiger partial charge in [0.15, 0.2) is 0 Å². The van der Waals surface area contributed by atoms with Crippen molar-refractivity contribution in [3.63, 3.8) is 0 Å². The van der Waals surface area contributed by atoms with E-state index in [1.807, 2.05) is 47.8 Å². The SMILES string of the molecule is O=C1NC(=O)C(=C(c2ccccc2)c2cccs2)S1. The highest BCUT2D eigenvalue weighted by atomic mass is 32.2. The summed E-state index contributed by atoms with van der Waals surface area (Å²) >= 11 is 2.52. The number of amides is 2. The average molecular weight is 287 g/mol. The van der Waals surface area contributed by atoms with Crippen LogP contribution in [0.25, 0.3) is 5.57 Å². The van der Waals surface area contributed by atoms with Crippen LogP contribution >= 0.6 is 23.1 Å². The summed E-state index contributed by atoms with van der Waals surface area (Å²) in [5.41, 5.74) is 1.77. The minimum atomic E-state index is -0.317. The zero-order valence-electron chi connectivity index (χ0n) is 9.75. The number of imide groups is 1. The lowest BCUT2D eigenvalue weighted by molar-refractivity contribution is -0.115. The van der Waals surface area contributed by atoms with Gasteiger partial charge >= 0.3 is 0 Å². The van der Waals surface area contributed by atoms with Crippen LogP contribution in [0.2, 0.25) is 0 Å². The molecule has 19 heavy (non-hydrogen) atoms. The summed E-state index contributed by atoms with van der Waals surface area (Å²) in [5, 5.41) is 3.95. The summed E-state index contributed by atoms with van der Waals surface area (Å²) in [6.45, 7) is 0. The van der Waals surface area contributed by atoms with E-state index >= 15 is 0 Å². The van der Waals surface area contributed by atoms with Crippen molar-refractivity contribution in [3.8, 4) is 0 Å². The second-order valence-corrected chi connectivity index (χ2v) is 5.82. The third kappa shape index (κ3) is 2.34. The molecule has 0 spiro atoms. The fraction of sp³-hybridized carbons (Fsp3) is 0. The molecule has 1 saturated heterocycles. The first-order valence-electron chi connectivity index (χ1n) is 5.62. The van der Waals surface area contributed by atoms with Crippen LogP contribution in [0.15, 0.2) is 52.7 Å². The Morgan fingerprint density at radius 2 is 1.79 bits per heavy atom. The van der Waals surface area contributed by atoms with Crippen LogP contribution in [0.5, 0.6) is 0 Å². The van der Waals surface area contributed by atoms with Crippen LogP contribution in [0.1, 0.15) is 10.4 Å². The monoisotopic (exact) mass is 287 g/mol. The molecule has 0 bridgehead atoms. The maximum Gasteiger partial charge on any atom is 0.290 e. The van der Waals surface area contributed by atoms with Gasteiger partial charge < -0.3 is 0 Å². The molecule has 0 saturated carbocycles. The molecular formula is C14H9NO2S2. The number of thiophene rings is 1. The lowest BCUT2D eigenvalue weighted by atomic mass is 10.0. The number of nitrogens with one attached hydrogen (secondary N) is 1. The maximum absolute atomic E-state index is 11.9. The molecule has 3 rings (SSSR count). The largest absolute Gasteiger partial charge is 0.290 e. The van der Waals surface area contributed by atoms with Crippen molar-refractivity contribution in [2.45, 2.75) is 0 Å². The van der Waals surface area contributed by atoms with Gasteiger partial charge in [0.25, 0.3) is 11.1 Å². The zero-order chi connectivity index (χ0) is 13.2. The predicted molar refractivity (Wildman–Crippen MR) is 77.9 cm³/mol. The lowest BCUT2D eigenvalue weighted by Crippen LogP contribution is -2.18. The topological polar surface area (TPSA) is 46.2 Å². The molecule has 1 aliphatic heterocycles. The van der Waals surface area contributed by atoms with Gasteiger partial charge in [0.1, 0.15) is 0 Å². The molecule has 1 aliphatic rings. The molecule has 1 N–H and O–H groups in total. The highest BCUT2D eigenvalue weighted by Gasteiger charge is 2.29. The Bertz CT molecular complexity index is 660. The number of rotatable bonds is 2. The quantitative estimate of drug-likeness (QED) is 0.860. The lowest BCUT2D eigenvalue weighted by Gasteiger charge is -2.07. The van der Waals surface area contributed by atoms with E-state index in [-0.39, 0.29) is 11.1 Å². The van der Waals surface area contributed by atoms with Gasteiger partial charge in [-0.15, -0.1) is 11.3 Å². The normalized spacial score (nSPS) is 17.5. The van der Waals surface area contributed by atoms with Gasteiger partial charge in [0, 0.05) is 10.5 Å². The van der Waals surface area contributed by atoms with Gasteiger partial charge in [-0.25, -0.2) is 0 Å². The van der Waals surface area contributed by atoms with E-state index in [1.54, 1.807) is 11.3 Å². The zero-order valence-corrected chi connectivity index (χ0v) is 11.4. The third-order valence-corrected chi connectivity index (χ3v) is 4.44. The number of hydrogen-bond acceptors (Lipinski definition) is 4. The summed E-state index contributed by atoms with van der Waals surface area (Å²) in [5.74, 6) is -0.317. The van der Waals surface area contributed by atoms with E-state index in [9.17, 15) is 9.59 Å². The molecule has 2 aromatic rings. The Morgan fingerprint density at radius 3 is 2.37 bits per heavy atom. The van der Waals surface area contributed by atoms with Crippen LogP contribution in [0, 0.1) is 0 Å². The van der Waals surface area contributed by atoms with Gasteiger partial charge in [0.2, 0.25) is 0 Å². The van der Waals surface area contributed by atoms with Crippen molar-refractivity contribution in [1.82, 2.24) is 5.32 Å². The van der Waals surface area contributed by atoms with E-state index in [0.717, 1.165) is 27.8 Å². The molecule has 3 nitrogen and oxygen atoms in total. The first kappa shape index (κ1) is 12.2. The molecule has 2 amide bonds. The highest BCUT2D eigenvalue weighted by Crippen LogP contribution is 2.37. The minimum absolute atomic E-state index is 0.315. The summed E-state index contributed by atoms with van der Waals surface area (Å²) in [6, 6.07) is 13.5. The molecule has 0 atom stereocenters. The van der Waals surface area contributed by atoms with Gasteiger partial charge in [-0.3, -0.25) is 14.9 Å². The van der Waals surface area contributed by atoms with Gasteiger partial charge in [-0.2, -0.15) is 0 Å². The smallest absolute Gasteiger partial charge is 0.282 e. The van der Waals surface area contributed by atoms with Gasteiger partial charge in [-0.1, -0.05) is 36.4 Å². The molecule has 0 aliphatic carbocycles. The second kappa shape index (κ2) is 5.03. The highest BCUT2D eigenvalue weighted by molar-refractivity contribution is 8.18. The molecular weight excluding hydrogens is 278 g/mol. The van der Waals surface area contributed by atoms with Gasteiger partial charge in [-0.05, 0) is 28.8 Å². The Hall–Kier alpha value is -1.85. The van der Waals surface area contributed by atoms with Crippen LogP contribution < -0.4 is 5.32 Å². The Morgan fingerprint density at radius 1 is 1.00 bits per heavy atom. The molecule has 5 heteroatoms. The van der Waals surface area contributed by atoms with Crippen molar-refractivity contribution in [2.75, 3.05) is 0 Å². The number of carbonyl (C=O) groups is 2. The van der Waals surface area contributed by atoms with Crippen LogP contribution in [-0.2, 0) is 4.79 Å². The summed E-state index contributed by atoms with van der Waals surface area (Å²) in [6.07, 6.45) is 0. The molecule has 1 fully saturated rings. The van der Waals surface area contributed by atoms with E-state index in [4.69, 9.17) is 0 Å². The summed E-state index contributed by atoms with van der Waals surface area (Å²) in [4.78, 5) is 24.7. The van der Waals surface area contributed by atoms with Crippen molar-refractivity contribution in [3.05, 3.63) is 63.2 Å². The number of thioether (sulfide) groups is 1. The standard InChI is InChI=1S/C14H9NO2S2/c16-13-12(19-14(17)15-13)11(10-7-4-8-18-10)9-5-2-1-3-6-9/h1-8H,(H,15,16,17). The first-order valence-corrected chi connectivity index (χ1v) is 7.32. The molecule has 2 heterocycles.